The number of pyridine rings is 2. The van der Waals surface area contributed by atoms with Crippen LogP contribution in [-0.4, -0.2) is 29.5 Å². The maximum Gasteiger partial charge on any atom is 0.0876 e. The minimum atomic E-state index is 1.03. The van der Waals surface area contributed by atoms with Crippen molar-refractivity contribution in [2.75, 3.05) is 0 Å². The monoisotopic (exact) mass is 354 g/mol. The van der Waals surface area contributed by atoms with Crippen molar-refractivity contribution in [3.8, 4) is 0 Å². The average molecular weight is 354 g/mol. The van der Waals surface area contributed by atoms with Crippen LogP contribution < -0.4 is 0 Å². The van der Waals surface area contributed by atoms with Crippen molar-refractivity contribution in [2.24, 2.45) is 0 Å². The van der Waals surface area contributed by atoms with Gasteiger partial charge in [0.25, 0.3) is 0 Å². The Hall–Kier alpha value is -3.93. The van der Waals surface area contributed by atoms with Crippen molar-refractivity contribution in [1.82, 2.24) is 29.5 Å². The predicted octanol–water partition coefficient (Wildman–Crippen LogP) is 4.46. The third kappa shape index (κ3) is 4.01. The molecule has 0 aromatic carbocycles. The van der Waals surface area contributed by atoms with Crippen molar-refractivity contribution in [2.45, 2.75) is 0 Å². The molecule has 6 heteroatoms. The van der Waals surface area contributed by atoms with Gasteiger partial charge in [0, 0.05) is 71.9 Å². The molecule has 6 rings (SSSR count). The van der Waals surface area contributed by atoms with Gasteiger partial charge in [-0.05, 0) is 42.5 Å². The molecule has 0 aliphatic rings. The molecule has 6 heterocycles. The van der Waals surface area contributed by atoms with Gasteiger partial charge in [-0.3, -0.25) is 9.97 Å². The highest BCUT2D eigenvalue weighted by Crippen LogP contribution is 2.08. The number of nitrogens with zero attached hydrogens (tertiary/aromatic N) is 4. The first kappa shape index (κ1) is 16.5. The van der Waals surface area contributed by atoms with Crippen LogP contribution >= 0.6 is 0 Å². The van der Waals surface area contributed by atoms with Crippen LogP contribution in [0.5, 0.6) is 0 Å². The number of H-pyrrole nitrogens is 2. The number of aromatic amines is 2. The minimum absolute atomic E-state index is 1.03. The average Bonchev–Trinajstić information content (AvgIpc) is 3.48. The number of aromatic nitrogens is 6. The second kappa shape index (κ2) is 7.97. The highest BCUT2D eigenvalue weighted by Gasteiger charge is 1.89. The van der Waals surface area contributed by atoms with E-state index in [0.29, 0.717) is 0 Å². The molecule has 0 unspecified atom stereocenters. The van der Waals surface area contributed by atoms with Crippen molar-refractivity contribution >= 4 is 27.2 Å². The molecular formula is C21H18N6. The Morgan fingerprint density at radius 2 is 1.52 bits per heavy atom. The summed E-state index contributed by atoms with van der Waals surface area (Å²) in [6.07, 6.45) is 16.8. The molecule has 0 spiro atoms. The molecule has 0 atom stereocenters. The fourth-order valence-corrected chi connectivity index (χ4v) is 2.65. The van der Waals surface area contributed by atoms with Gasteiger partial charge in [0.15, 0.2) is 0 Å². The third-order valence-electron chi connectivity index (χ3n) is 4.00. The molecule has 0 aliphatic heterocycles. The predicted molar refractivity (Wildman–Crippen MR) is 107 cm³/mol. The lowest BCUT2D eigenvalue weighted by Crippen LogP contribution is -1.84. The zero-order valence-corrected chi connectivity index (χ0v) is 14.5. The van der Waals surface area contributed by atoms with Crippen LogP contribution in [0.2, 0.25) is 0 Å². The quantitative estimate of drug-likeness (QED) is 0.423. The van der Waals surface area contributed by atoms with Gasteiger partial charge in [-0.2, -0.15) is 5.10 Å². The molecule has 0 bridgehead atoms. The standard InChI is InChI=1S/3C7H6N2/c1-3-7-4-2-6-9(7)8-5-1;1-2-8-4-7-5-9-3-6(1)7;1-2-6-4-8-5-7(6)9-3-1/h1-6H;1-5,9H;1-5,8H. The van der Waals surface area contributed by atoms with Crippen molar-refractivity contribution in [3.63, 3.8) is 0 Å². The van der Waals surface area contributed by atoms with E-state index in [-0.39, 0.29) is 0 Å². The Kier molecular flexibility index (Phi) is 4.88. The number of hydrogen-bond acceptors (Lipinski definition) is 3. The van der Waals surface area contributed by atoms with E-state index in [2.05, 4.69) is 25.0 Å². The first-order valence-electron chi connectivity index (χ1n) is 8.52. The molecule has 27 heavy (non-hydrogen) atoms. The Morgan fingerprint density at radius 1 is 0.704 bits per heavy atom. The van der Waals surface area contributed by atoms with E-state index in [4.69, 9.17) is 0 Å². The summed E-state index contributed by atoms with van der Waals surface area (Å²) in [7, 11) is 0. The van der Waals surface area contributed by atoms with E-state index in [1.54, 1.807) is 18.6 Å². The summed E-state index contributed by atoms with van der Waals surface area (Å²) in [6.45, 7) is 0. The molecule has 0 fully saturated rings. The zero-order valence-electron chi connectivity index (χ0n) is 14.5. The summed E-state index contributed by atoms with van der Waals surface area (Å²) in [4.78, 5) is 14.0. The minimum Gasteiger partial charge on any atom is -0.366 e. The lowest BCUT2D eigenvalue weighted by molar-refractivity contribution is 0.941. The first-order valence-corrected chi connectivity index (χ1v) is 8.52. The van der Waals surface area contributed by atoms with E-state index in [0.717, 1.165) is 21.8 Å². The summed E-state index contributed by atoms with van der Waals surface area (Å²) in [5, 5.41) is 7.60. The molecule has 6 aromatic rings. The molecule has 2 N–H and O–H groups in total. The van der Waals surface area contributed by atoms with E-state index >= 15 is 0 Å². The summed E-state index contributed by atoms with van der Waals surface area (Å²) in [5.41, 5.74) is 2.16. The molecule has 0 aliphatic carbocycles. The van der Waals surface area contributed by atoms with Crippen LogP contribution in [0.3, 0.4) is 0 Å². The van der Waals surface area contributed by atoms with Gasteiger partial charge >= 0.3 is 0 Å². The van der Waals surface area contributed by atoms with Crippen LogP contribution in [0.1, 0.15) is 0 Å². The lowest BCUT2D eigenvalue weighted by Gasteiger charge is -1.87. The summed E-state index contributed by atoms with van der Waals surface area (Å²) < 4.78 is 1.83. The van der Waals surface area contributed by atoms with Gasteiger partial charge in [-0.25, -0.2) is 4.52 Å². The lowest BCUT2D eigenvalue weighted by atomic mass is 10.3. The van der Waals surface area contributed by atoms with Gasteiger partial charge in [0.05, 0.1) is 11.0 Å². The summed E-state index contributed by atoms with van der Waals surface area (Å²) in [5.74, 6) is 0. The van der Waals surface area contributed by atoms with Gasteiger partial charge in [0.2, 0.25) is 0 Å². The van der Waals surface area contributed by atoms with Gasteiger partial charge in [0.1, 0.15) is 0 Å². The number of hydrogen-bond donors (Lipinski definition) is 2. The molecule has 6 aromatic heterocycles. The maximum absolute atomic E-state index is 4.11. The third-order valence-corrected chi connectivity index (χ3v) is 4.00. The van der Waals surface area contributed by atoms with Gasteiger partial charge in [-0.1, -0.05) is 0 Å². The largest absolute Gasteiger partial charge is 0.366 e. The number of rotatable bonds is 0. The summed E-state index contributed by atoms with van der Waals surface area (Å²) >= 11 is 0. The fraction of sp³-hybridized carbons (Fsp3) is 0. The van der Waals surface area contributed by atoms with E-state index in [1.165, 1.54) is 5.39 Å². The molecule has 0 amide bonds. The highest BCUT2D eigenvalue weighted by atomic mass is 15.2. The normalized spacial score (nSPS) is 10.2. The second-order valence-corrected chi connectivity index (χ2v) is 5.79. The van der Waals surface area contributed by atoms with E-state index in [1.807, 2.05) is 84.2 Å². The zero-order chi connectivity index (χ0) is 18.3. The summed E-state index contributed by atoms with van der Waals surface area (Å²) in [6, 6.07) is 13.9. The van der Waals surface area contributed by atoms with Crippen LogP contribution in [-0.2, 0) is 0 Å². The fourth-order valence-electron chi connectivity index (χ4n) is 2.65. The molecule has 0 radical (unpaired) electrons. The Morgan fingerprint density at radius 3 is 2.41 bits per heavy atom. The molecule has 132 valence electrons. The van der Waals surface area contributed by atoms with Crippen LogP contribution in [0, 0.1) is 0 Å². The molecular weight excluding hydrogens is 336 g/mol. The van der Waals surface area contributed by atoms with Crippen LogP contribution in [0.25, 0.3) is 27.2 Å². The van der Waals surface area contributed by atoms with Gasteiger partial charge < -0.3 is 9.97 Å². The van der Waals surface area contributed by atoms with Crippen molar-refractivity contribution in [3.05, 3.63) is 98.2 Å². The topological polar surface area (TPSA) is 74.7 Å². The van der Waals surface area contributed by atoms with E-state index in [9.17, 15) is 0 Å². The van der Waals surface area contributed by atoms with Crippen LogP contribution in [0.4, 0.5) is 0 Å². The first-order chi connectivity index (χ1) is 13.4. The molecule has 0 saturated carbocycles. The Balaban J connectivity index is 0.0000001000. The number of fused-ring (bicyclic) bond motifs is 3. The second-order valence-electron chi connectivity index (χ2n) is 5.79. The maximum atomic E-state index is 4.11. The van der Waals surface area contributed by atoms with E-state index < -0.39 is 0 Å². The Labute approximate surface area is 155 Å². The number of nitrogens with one attached hydrogen (secondary N) is 2. The molecule has 0 saturated heterocycles. The van der Waals surface area contributed by atoms with Crippen LogP contribution in [0.15, 0.2) is 98.2 Å². The van der Waals surface area contributed by atoms with Crippen molar-refractivity contribution < 1.29 is 0 Å². The Bertz CT molecular complexity index is 1000. The SMILES string of the molecule is c1cc2c[nH]cc2cn1.c1cnc2c[nH]cc2c1.c1cnn2cccc2c1. The van der Waals surface area contributed by atoms with Crippen molar-refractivity contribution in [1.29, 1.82) is 0 Å². The highest BCUT2D eigenvalue weighted by molar-refractivity contribution is 5.80. The smallest absolute Gasteiger partial charge is 0.0876 e. The molecule has 6 nitrogen and oxygen atoms in total. The van der Waals surface area contributed by atoms with Gasteiger partial charge in [-0.15, -0.1) is 0 Å².